The molecule has 5 nitrogen and oxygen atoms in total. The summed E-state index contributed by atoms with van der Waals surface area (Å²) in [4.78, 5) is 31.2. The predicted octanol–water partition coefficient (Wildman–Crippen LogP) is 2.57. The van der Waals surface area contributed by atoms with E-state index in [-0.39, 0.29) is 11.7 Å². The van der Waals surface area contributed by atoms with Gasteiger partial charge in [-0.3, -0.25) is 14.5 Å². The number of aromatic amines is 1. The molecule has 0 aliphatic carbocycles. The van der Waals surface area contributed by atoms with Gasteiger partial charge in [0.2, 0.25) is 0 Å². The van der Waals surface area contributed by atoms with Crippen molar-refractivity contribution in [1.82, 2.24) is 14.8 Å². The van der Waals surface area contributed by atoms with E-state index in [1.165, 1.54) is 12.5 Å². The largest absolute Gasteiger partial charge is 0.356 e. The number of aromatic nitrogens is 1. The normalized spacial score (nSPS) is 16.0. The summed E-state index contributed by atoms with van der Waals surface area (Å²) >= 11 is 0. The van der Waals surface area contributed by atoms with Crippen molar-refractivity contribution < 1.29 is 9.59 Å². The van der Waals surface area contributed by atoms with E-state index in [1.54, 1.807) is 12.3 Å². The lowest BCUT2D eigenvalue weighted by Crippen LogP contribution is -2.35. The Morgan fingerprint density at radius 3 is 2.58 bits per heavy atom. The molecule has 3 rings (SSSR count). The van der Waals surface area contributed by atoms with Gasteiger partial charge in [-0.25, -0.2) is 0 Å². The van der Waals surface area contributed by atoms with Crippen LogP contribution in [0, 0.1) is 0 Å². The molecule has 1 aliphatic heterocycles. The Morgan fingerprint density at radius 2 is 1.88 bits per heavy atom. The molecule has 1 aliphatic rings. The van der Waals surface area contributed by atoms with Crippen LogP contribution >= 0.6 is 0 Å². The molecule has 1 aromatic heterocycles. The summed E-state index contributed by atoms with van der Waals surface area (Å²) in [5.41, 5.74) is 2.35. The number of nitrogens with zero attached hydrogens (tertiary/aromatic N) is 2. The second-order valence-electron chi connectivity index (χ2n) is 6.27. The smallest absolute Gasteiger partial charge is 0.270 e. The van der Waals surface area contributed by atoms with Crippen molar-refractivity contribution in [3.63, 3.8) is 0 Å². The van der Waals surface area contributed by atoms with E-state index in [0.717, 1.165) is 32.6 Å². The molecular weight excluding hydrogens is 302 g/mol. The van der Waals surface area contributed by atoms with Gasteiger partial charge >= 0.3 is 0 Å². The summed E-state index contributed by atoms with van der Waals surface area (Å²) in [6.07, 6.45) is 2.56. The maximum Gasteiger partial charge on any atom is 0.270 e. The average Bonchev–Trinajstić information content (AvgIpc) is 2.97. The fraction of sp³-hybridized carbons (Fsp3) is 0.368. The number of rotatable bonds is 4. The van der Waals surface area contributed by atoms with E-state index in [4.69, 9.17) is 0 Å². The third-order valence-electron chi connectivity index (χ3n) is 4.44. The Balaban J connectivity index is 1.60. The first-order valence-corrected chi connectivity index (χ1v) is 8.38. The molecule has 2 heterocycles. The second-order valence-corrected chi connectivity index (χ2v) is 6.27. The highest BCUT2D eigenvalue weighted by atomic mass is 16.2. The molecule has 0 radical (unpaired) electrons. The van der Waals surface area contributed by atoms with Crippen LogP contribution in [0.25, 0.3) is 0 Å². The quantitative estimate of drug-likeness (QED) is 0.879. The third kappa shape index (κ3) is 3.92. The van der Waals surface area contributed by atoms with Crippen LogP contribution < -0.4 is 0 Å². The zero-order valence-electron chi connectivity index (χ0n) is 14.0. The molecular formula is C19H23N3O2. The van der Waals surface area contributed by atoms with Crippen LogP contribution in [0.2, 0.25) is 0 Å². The lowest BCUT2D eigenvalue weighted by molar-refractivity contribution is 0.0756. The molecule has 24 heavy (non-hydrogen) atoms. The van der Waals surface area contributed by atoms with Gasteiger partial charge in [0.1, 0.15) is 5.69 Å². The van der Waals surface area contributed by atoms with E-state index in [0.29, 0.717) is 17.8 Å². The number of benzene rings is 1. The molecule has 0 bridgehead atoms. The second kappa shape index (κ2) is 7.45. The Hall–Kier alpha value is -2.40. The van der Waals surface area contributed by atoms with E-state index < -0.39 is 0 Å². The minimum absolute atomic E-state index is 0.0240. The minimum atomic E-state index is -0.0322. The summed E-state index contributed by atoms with van der Waals surface area (Å²) in [7, 11) is 0. The molecule has 0 unspecified atom stereocenters. The summed E-state index contributed by atoms with van der Waals surface area (Å²) < 4.78 is 0. The molecule has 126 valence electrons. The molecule has 1 amide bonds. The number of hydrogen-bond acceptors (Lipinski definition) is 3. The Labute approximate surface area is 142 Å². The topological polar surface area (TPSA) is 56.4 Å². The number of H-pyrrole nitrogens is 1. The van der Waals surface area contributed by atoms with Gasteiger partial charge in [0, 0.05) is 44.5 Å². The Bertz CT molecular complexity index is 708. The van der Waals surface area contributed by atoms with Gasteiger partial charge in [-0.15, -0.1) is 0 Å². The van der Waals surface area contributed by atoms with Gasteiger partial charge in [-0.05, 0) is 25.0 Å². The number of hydrogen-bond donors (Lipinski definition) is 1. The van der Waals surface area contributed by atoms with Crippen molar-refractivity contribution in [2.45, 2.75) is 19.9 Å². The SMILES string of the molecule is CC(=O)c1c[nH]c(C(=O)N2CCCN(Cc3ccccc3)CC2)c1. The summed E-state index contributed by atoms with van der Waals surface area (Å²) in [6.45, 7) is 5.73. The fourth-order valence-electron chi connectivity index (χ4n) is 3.07. The number of Topliss-reactive ketones (excluding diaryl/α,β-unsaturated/α-hetero) is 1. The van der Waals surface area contributed by atoms with Crippen molar-refractivity contribution >= 4 is 11.7 Å². The lowest BCUT2D eigenvalue weighted by Gasteiger charge is -2.21. The zero-order chi connectivity index (χ0) is 16.9. The van der Waals surface area contributed by atoms with Gasteiger partial charge in [0.05, 0.1) is 0 Å². The molecule has 0 atom stereocenters. The Kier molecular flexibility index (Phi) is 5.11. The lowest BCUT2D eigenvalue weighted by atomic mass is 10.2. The molecule has 1 N–H and O–H groups in total. The highest BCUT2D eigenvalue weighted by Crippen LogP contribution is 2.12. The fourth-order valence-corrected chi connectivity index (χ4v) is 3.07. The number of carbonyl (C=O) groups excluding carboxylic acids is 2. The number of carbonyl (C=O) groups is 2. The van der Waals surface area contributed by atoms with Crippen LogP contribution in [-0.2, 0) is 6.54 Å². The van der Waals surface area contributed by atoms with Crippen molar-refractivity contribution in [3.05, 3.63) is 59.4 Å². The van der Waals surface area contributed by atoms with Gasteiger partial charge < -0.3 is 9.88 Å². The molecule has 0 spiro atoms. The highest BCUT2D eigenvalue weighted by molar-refractivity contribution is 5.99. The molecule has 1 fully saturated rings. The van der Waals surface area contributed by atoms with Crippen LogP contribution in [0.4, 0.5) is 0 Å². The summed E-state index contributed by atoms with van der Waals surface area (Å²) in [6, 6.07) is 12.1. The first-order valence-electron chi connectivity index (χ1n) is 8.38. The maximum absolute atomic E-state index is 12.6. The maximum atomic E-state index is 12.6. The predicted molar refractivity (Wildman–Crippen MR) is 93.0 cm³/mol. The van der Waals surface area contributed by atoms with Crippen LogP contribution in [0.15, 0.2) is 42.6 Å². The first-order chi connectivity index (χ1) is 11.6. The van der Waals surface area contributed by atoms with Crippen LogP contribution in [-0.4, -0.2) is 52.7 Å². The van der Waals surface area contributed by atoms with Crippen molar-refractivity contribution in [2.75, 3.05) is 26.2 Å². The highest BCUT2D eigenvalue weighted by Gasteiger charge is 2.21. The van der Waals surface area contributed by atoms with Crippen LogP contribution in [0.5, 0.6) is 0 Å². The van der Waals surface area contributed by atoms with Crippen molar-refractivity contribution in [1.29, 1.82) is 0 Å². The number of amides is 1. The average molecular weight is 325 g/mol. The van der Waals surface area contributed by atoms with E-state index >= 15 is 0 Å². The van der Waals surface area contributed by atoms with Gasteiger partial charge in [-0.1, -0.05) is 30.3 Å². The monoisotopic (exact) mass is 325 g/mol. The zero-order valence-corrected chi connectivity index (χ0v) is 14.0. The molecule has 1 aromatic carbocycles. The van der Waals surface area contributed by atoms with Gasteiger partial charge in [-0.2, -0.15) is 0 Å². The van der Waals surface area contributed by atoms with E-state index in [2.05, 4.69) is 34.1 Å². The molecule has 2 aromatic rings. The van der Waals surface area contributed by atoms with Crippen molar-refractivity contribution in [2.24, 2.45) is 0 Å². The minimum Gasteiger partial charge on any atom is -0.356 e. The Morgan fingerprint density at radius 1 is 1.08 bits per heavy atom. The van der Waals surface area contributed by atoms with Gasteiger partial charge in [0.15, 0.2) is 5.78 Å². The summed E-state index contributed by atoms with van der Waals surface area (Å²) in [5.74, 6) is -0.0562. The van der Waals surface area contributed by atoms with Crippen molar-refractivity contribution in [3.8, 4) is 0 Å². The standard InChI is InChI=1S/C19H23N3O2/c1-15(23)17-12-18(20-13-17)19(24)22-9-5-8-21(10-11-22)14-16-6-3-2-4-7-16/h2-4,6-7,12-13,20H,5,8-11,14H2,1H3. The molecule has 5 heteroatoms. The van der Waals surface area contributed by atoms with Crippen LogP contribution in [0.1, 0.15) is 39.8 Å². The number of nitrogens with one attached hydrogen (secondary N) is 1. The summed E-state index contributed by atoms with van der Waals surface area (Å²) in [5, 5.41) is 0. The van der Waals surface area contributed by atoms with Gasteiger partial charge in [0.25, 0.3) is 5.91 Å². The van der Waals surface area contributed by atoms with Crippen LogP contribution in [0.3, 0.4) is 0 Å². The van der Waals surface area contributed by atoms with E-state index in [9.17, 15) is 9.59 Å². The van der Waals surface area contributed by atoms with E-state index in [1.807, 2.05) is 11.0 Å². The third-order valence-corrected chi connectivity index (χ3v) is 4.44. The molecule has 0 saturated carbocycles. The number of ketones is 1. The first kappa shape index (κ1) is 16.5. The molecule has 1 saturated heterocycles.